The van der Waals surface area contributed by atoms with Gasteiger partial charge in [-0.25, -0.2) is 13.1 Å². The van der Waals surface area contributed by atoms with Crippen molar-refractivity contribution in [3.63, 3.8) is 0 Å². The molecule has 1 N–H and O–H groups in total. The van der Waals surface area contributed by atoms with Gasteiger partial charge in [-0.3, -0.25) is 14.5 Å². The Morgan fingerprint density at radius 3 is 2.15 bits per heavy atom. The molecule has 0 heterocycles. The molecular formula is C22H26Cl2N2O6S. The van der Waals surface area contributed by atoms with Crippen molar-refractivity contribution in [3.05, 3.63) is 46.4 Å². The van der Waals surface area contributed by atoms with E-state index in [9.17, 15) is 18.0 Å². The summed E-state index contributed by atoms with van der Waals surface area (Å²) in [4.78, 5) is 25.6. The van der Waals surface area contributed by atoms with Gasteiger partial charge < -0.3 is 9.47 Å². The van der Waals surface area contributed by atoms with Crippen LogP contribution in [0.4, 0.5) is 11.4 Å². The van der Waals surface area contributed by atoms with Crippen LogP contribution in [0.2, 0.25) is 10.0 Å². The van der Waals surface area contributed by atoms with E-state index in [2.05, 4.69) is 4.72 Å². The van der Waals surface area contributed by atoms with Gasteiger partial charge in [0, 0.05) is 12.6 Å². The Labute approximate surface area is 203 Å². The molecule has 0 saturated carbocycles. The van der Waals surface area contributed by atoms with E-state index in [0.717, 1.165) is 19.1 Å². The van der Waals surface area contributed by atoms with Gasteiger partial charge in [-0.2, -0.15) is 0 Å². The average molecular weight is 517 g/mol. The van der Waals surface area contributed by atoms with E-state index in [0.29, 0.717) is 39.5 Å². The third-order valence-electron chi connectivity index (χ3n) is 4.33. The number of nitrogens with one attached hydrogen (secondary N) is 1. The van der Waals surface area contributed by atoms with Gasteiger partial charge in [0.15, 0.2) is 11.5 Å². The van der Waals surface area contributed by atoms with Crippen molar-refractivity contribution < 1.29 is 27.5 Å². The summed E-state index contributed by atoms with van der Waals surface area (Å²) in [6, 6.07) is 9.68. The summed E-state index contributed by atoms with van der Waals surface area (Å²) in [6.45, 7) is 3.29. The van der Waals surface area contributed by atoms with E-state index < -0.39 is 15.8 Å². The van der Waals surface area contributed by atoms with Crippen LogP contribution in [0.5, 0.6) is 11.5 Å². The number of unbranched alkanes of at least 4 members (excludes halogenated alkanes) is 1. The Kier molecular flexibility index (Phi) is 9.97. The Hall–Kier alpha value is -2.33. The summed E-state index contributed by atoms with van der Waals surface area (Å²) in [5, 5.41) is 0.585. The van der Waals surface area contributed by atoms with Crippen molar-refractivity contribution in [2.45, 2.75) is 26.7 Å². The largest absolute Gasteiger partial charge is 0.490 e. The molecule has 0 aliphatic carbocycles. The zero-order chi connectivity index (χ0) is 24.6. The molecule has 11 heteroatoms. The minimum Gasteiger partial charge on any atom is -0.490 e. The first-order valence-electron chi connectivity index (χ1n) is 10.1. The van der Waals surface area contributed by atoms with Gasteiger partial charge in [0.05, 0.1) is 35.1 Å². The quantitative estimate of drug-likeness (QED) is 0.420. The number of sulfonamides is 1. The molecule has 0 aliphatic rings. The maximum atomic E-state index is 12.4. The second-order valence-electron chi connectivity index (χ2n) is 7.21. The number of rotatable bonds is 12. The van der Waals surface area contributed by atoms with Gasteiger partial charge in [0.25, 0.3) is 0 Å². The number of anilines is 2. The lowest BCUT2D eigenvalue weighted by molar-refractivity contribution is -0.120. The molecule has 2 aromatic rings. The summed E-state index contributed by atoms with van der Waals surface area (Å²) in [6.07, 6.45) is 2.80. The predicted molar refractivity (Wildman–Crippen MR) is 129 cm³/mol. The van der Waals surface area contributed by atoms with Crippen molar-refractivity contribution in [1.82, 2.24) is 4.72 Å². The summed E-state index contributed by atoms with van der Waals surface area (Å²) in [5.41, 5.74) is 1.00. The third kappa shape index (κ3) is 8.51. The molecule has 1 amide bonds. The Balaban J connectivity index is 2.13. The number of amides is 1. The van der Waals surface area contributed by atoms with Crippen molar-refractivity contribution in [2.75, 3.05) is 30.9 Å². The number of Topliss-reactive ketones (excluding diaryl/α,β-unsaturated/α-hetero) is 1. The van der Waals surface area contributed by atoms with Gasteiger partial charge >= 0.3 is 0 Å². The third-order valence-corrected chi connectivity index (χ3v) is 5.56. The molecule has 0 spiro atoms. The second kappa shape index (κ2) is 12.2. The van der Waals surface area contributed by atoms with E-state index in [1.807, 2.05) is 6.92 Å². The van der Waals surface area contributed by atoms with E-state index >= 15 is 0 Å². The first kappa shape index (κ1) is 26.9. The Morgan fingerprint density at radius 2 is 1.64 bits per heavy atom. The van der Waals surface area contributed by atoms with E-state index in [1.165, 1.54) is 11.8 Å². The fourth-order valence-corrected chi connectivity index (χ4v) is 3.77. The van der Waals surface area contributed by atoms with Crippen LogP contribution in [0, 0.1) is 0 Å². The second-order valence-corrected chi connectivity index (χ2v) is 9.86. The number of carbonyl (C=O) groups is 2. The first-order chi connectivity index (χ1) is 15.5. The Morgan fingerprint density at radius 1 is 1.03 bits per heavy atom. The number of halogens is 2. The highest BCUT2D eigenvalue weighted by atomic mass is 35.5. The molecule has 2 rings (SSSR count). The number of nitrogens with zero attached hydrogens (tertiary/aromatic N) is 1. The normalized spacial score (nSPS) is 11.2. The number of hydrogen-bond donors (Lipinski definition) is 1. The fourth-order valence-electron chi connectivity index (χ4n) is 2.76. The molecule has 0 radical (unpaired) electrons. The van der Waals surface area contributed by atoms with Crippen LogP contribution < -0.4 is 19.1 Å². The van der Waals surface area contributed by atoms with Crippen LogP contribution in [-0.4, -0.2) is 46.1 Å². The van der Waals surface area contributed by atoms with Gasteiger partial charge in [-0.1, -0.05) is 36.5 Å². The molecule has 180 valence electrons. The average Bonchev–Trinajstić information content (AvgIpc) is 2.73. The first-order valence-corrected chi connectivity index (χ1v) is 12.8. The molecular weight excluding hydrogens is 491 g/mol. The standard InChI is InChI=1S/C22H26Cl2N2O6S/c1-4-5-10-31-22-20(23)11-17(12-21(22)24)26(15(2)27)16-6-8-19(9-7-16)32-14-18(28)13-25-33(3,29)30/h6-9,11-12,25H,4-5,10,13-14H2,1-3H3. The number of ketones is 1. The summed E-state index contributed by atoms with van der Waals surface area (Å²) in [5.74, 6) is 0.0568. The van der Waals surface area contributed by atoms with E-state index in [1.54, 1.807) is 36.4 Å². The van der Waals surface area contributed by atoms with E-state index in [-0.39, 0.29) is 19.1 Å². The molecule has 8 nitrogen and oxygen atoms in total. The Bertz CT molecular complexity index is 1070. The topological polar surface area (TPSA) is 102 Å². The highest BCUT2D eigenvalue weighted by Crippen LogP contribution is 2.39. The highest BCUT2D eigenvalue weighted by molar-refractivity contribution is 7.88. The molecule has 33 heavy (non-hydrogen) atoms. The van der Waals surface area contributed by atoms with Gasteiger partial charge in [0.2, 0.25) is 15.9 Å². The molecule has 0 unspecified atom stereocenters. The lowest BCUT2D eigenvalue weighted by Crippen LogP contribution is -2.31. The summed E-state index contributed by atoms with van der Waals surface area (Å²) >= 11 is 12.7. The minimum absolute atomic E-state index is 0.266. The van der Waals surface area contributed by atoms with Crippen LogP contribution in [0.25, 0.3) is 0 Å². The number of benzene rings is 2. The van der Waals surface area contributed by atoms with Gasteiger partial charge in [-0.05, 0) is 42.8 Å². The van der Waals surface area contributed by atoms with Gasteiger partial charge in [-0.15, -0.1) is 0 Å². The van der Waals surface area contributed by atoms with Crippen molar-refractivity contribution in [1.29, 1.82) is 0 Å². The number of carbonyl (C=O) groups excluding carboxylic acids is 2. The molecule has 0 aliphatic heterocycles. The fraction of sp³-hybridized carbons (Fsp3) is 0.364. The predicted octanol–water partition coefficient (Wildman–Crippen LogP) is 4.35. The zero-order valence-corrected chi connectivity index (χ0v) is 20.9. The SMILES string of the molecule is CCCCOc1c(Cl)cc(N(C(C)=O)c2ccc(OCC(=O)CNS(C)(=O)=O)cc2)cc1Cl. The van der Waals surface area contributed by atoms with Crippen molar-refractivity contribution in [2.24, 2.45) is 0 Å². The van der Waals surface area contributed by atoms with Crippen LogP contribution in [0.3, 0.4) is 0 Å². The van der Waals surface area contributed by atoms with Crippen molar-refractivity contribution in [3.8, 4) is 11.5 Å². The molecule has 0 bridgehead atoms. The number of hydrogen-bond acceptors (Lipinski definition) is 6. The van der Waals surface area contributed by atoms with E-state index in [4.69, 9.17) is 32.7 Å². The number of ether oxygens (including phenoxy) is 2. The lowest BCUT2D eigenvalue weighted by Gasteiger charge is -2.23. The molecule has 0 saturated heterocycles. The lowest BCUT2D eigenvalue weighted by atomic mass is 10.2. The minimum atomic E-state index is -3.46. The summed E-state index contributed by atoms with van der Waals surface area (Å²) in [7, 11) is -3.46. The molecule has 0 aromatic heterocycles. The monoisotopic (exact) mass is 516 g/mol. The molecule has 0 atom stereocenters. The maximum Gasteiger partial charge on any atom is 0.228 e. The maximum absolute atomic E-state index is 12.4. The summed E-state index contributed by atoms with van der Waals surface area (Å²) < 4.78 is 35.2. The van der Waals surface area contributed by atoms with Crippen LogP contribution in [0.15, 0.2) is 36.4 Å². The van der Waals surface area contributed by atoms with Crippen molar-refractivity contribution >= 4 is 56.3 Å². The van der Waals surface area contributed by atoms with Gasteiger partial charge in [0.1, 0.15) is 12.4 Å². The molecule has 2 aromatic carbocycles. The van der Waals surface area contributed by atoms with Crippen LogP contribution >= 0.6 is 23.2 Å². The zero-order valence-electron chi connectivity index (χ0n) is 18.6. The highest BCUT2D eigenvalue weighted by Gasteiger charge is 2.19. The van der Waals surface area contributed by atoms with Crippen LogP contribution in [0.1, 0.15) is 26.7 Å². The molecule has 0 fully saturated rings. The smallest absolute Gasteiger partial charge is 0.228 e. The van der Waals surface area contributed by atoms with Crippen LogP contribution in [-0.2, 0) is 19.6 Å².